The highest BCUT2D eigenvalue weighted by Crippen LogP contribution is 2.39. The fourth-order valence-electron chi connectivity index (χ4n) is 4.18. The summed E-state index contributed by atoms with van der Waals surface area (Å²) in [6.07, 6.45) is 2.95. The number of carboxylic acid groups (broad SMARTS) is 2. The average Bonchev–Trinajstić information content (AvgIpc) is 3.25. The highest BCUT2D eigenvalue weighted by molar-refractivity contribution is 6.27. The molecule has 0 atom stereocenters. The van der Waals surface area contributed by atoms with Crippen molar-refractivity contribution in [2.45, 2.75) is 13.3 Å². The summed E-state index contributed by atoms with van der Waals surface area (Å²) in [6, 6.07) is 12.6. The maximum atomic E-state index is 9.10. The van der Waals surface area contributed by atoms with Crippen molar-refractivity contribution in [1.82, 2.24) is 4.90 Å². The van der Waals surface area contributed by atoms with Gasteiger partial charge in [0.2, 0.25) is 0 Å². The molecule has 0 aliphatic carbocycles. The van der Waals surface area contributed by atoms with Crippen molar-refractivity contribution < 1.29 is 33.7 Å². The lowest BCUT2D eigenvalue weighted by molar-refractivity contribution is -0.159. The van der Waals surface area contributed by atoms with Crippen LogP contribution >= 0.6 is 0 Å². The fraction of sp³-hybridized carbons (Fsp3) is 0.360. The van der Waals surface area contributed by atoms with Crippen LogP contribution in [0.25, 0.3) is 11.0 Å². The van der Waals surface area contributed by atoms with E-state index in [9.17, 15) is 0 Å². The van der Waals surface area contributed by atoms with Crippen molar-refractivity contribution in [3.05, 3.63) is 53.8 Å². The first kappa shape index (κ1) is 23.4. The summed E-state index contributed by atoms with van der Waals surface area (Å²) in [6.45, 7) is 8.54. The van der Waals surface area contributed by atoms with Crippen LogP contribution in [0.2, 0.25) is 0 Å². The molecule has 0 saturated carbocycles. The molecule has 3 aromatic rings. The molecule has 1 saturated heterocycles. The van der Waals surface area contributed by atoms with Crippen molar-refractivity contribution in [2.24, 2.45) is 0 Å². The molecule has 0 unspecified atom stereocenters. The van der Waals surface area contributed by atoms with E-state index in [1.54, 1.807) is 0 Å². The van der Waals surface area contributed by atoms with Crippen LogP contribution in [-0.2, 0) is 16.0 Å². The van der Waals surface area contributed by atoms with Gasteiger partial charge in [-0.1, -0.05) is 18.2 Å². The molecule has 0 radical (unpaired) electrons. The Balaban J connectivity index is 0.000000408. The third-order valence-corrected chi connectivity index (χ3v) is 5.95. The molecule has 1 fully saturated rings. The van der Waals surface area contributed by atoms with Gasteiger partial charge in [-0.15, -0.1) is 0 Å². The van der Waals surface area contributed by atoms with Gasteiger partial charge >= 0.3 is 11.9 Å². The van der Waals surface area contributed by atoms with Crippen LogP contribution in [0, 0.1) is 6.92 Å². The minimum atomic E-state index is -1.82. The molecule has 5 rings (SSSR count). The van der Waals surface area contributed by atoms with Crippen LogP contribution in [0.1, 0.15) is 11.1 Å². The Hall–Kier alpha value is -3.72. The summed E-state index contributed by atoms with van der Waals surface area (Å²) in [5, 5.41) is 16.0. The summed E-state index contributed by atoms with van der Waals surface area (Å²) in [5.41, 5.74) is 4.70. The summed E-state index contributed by atoms with van der Waals surface area (Å²) >= 11 is 0. The van der Waals surface area contributed by atoms with Crippen molar-refractivity contribution >= 4 is 28.6 Å². The molecule has 9 heteroatoms. The number of aliphatic carboxylic acids is 2. The van der Waals surface area contributed by atoms with Crippen LogP contribution in [0.3, 0.4) is 0 Å². The smallest absolute Gasteiger partial charge is 0.414 e. The van der Waals surface area contributed by atoms with E-state index in [0.717, 1.165) is 61.9 Å². The minimum absolute atomic E-state index is 0.627. The van der Waals surface area contributed by atoms with Crippen LogP contribution in [0.15, 0.2) is 47.1 Å². The molecule has 2 aliphatic rings. The van der Waals surface area contributed by atoms with Crippen molar-refractivity contribution in [1.29, 1.82) is 0 Å². The average molecular weight is 469 g/mol. The highest BCUT2D eigenvalue weighted by Gasteiger charge is 2.23. The van der Waals surface area contributed by atoms with Gasteiger partial charge in [0.1, 0.15) is 18.8 Å². The van der Waals surface area contributed by atoms with Crippen LogP contribution in [0.4, 0.5) is 5.69 Å². The predicted molar refractivity (Wildman–Crippen MR) is 126 cm³/mol. The fourth-order valence-corrected chi connectivity index (χ4v) is 4.18. The molecule has 34 heavy (non-hydrogen) atoms. The molecular formula is C25H28N2O7. The third kappa shape index (κ3) is 5.43. The van der Waals surface area contributed by atoms with Crippen LogP contribution < -0.4 is 14.4 Å². The quantitative estimate of drug-likeness (QED) is 0.558. The molecule has 9 nitrogen and oxygen atoms in total. The largest absolute Gasteiger partial charge is 0.486 e. The number of fused-ring (bicyclic) bond motifs is 2. The molecule has 2 aliphatic heterocycles. The first-order valence-electron chi connectivity index (χ1n) is 11.2. The second-order valence-electron chi connectivity index (χ2n) is 8.25. The normalized spacial score (nSPS) is 15.5. The van der Waals surface area contributed by atoms with Crippen LogP contribution in [0.5, 0.6) is 11.5 Å². The van der Waals surface area contributed by atoms with E-state index >= 15 is 0 Å². The number of rotatable bonds is 4. The number of aryl methyl sites for hydroxylation is 1. The summed E-state index contributed by atoms with van der Waals surface area (Å²) < 4.78 is 17.4. The zero-order chi connectivity index (χ0) is 24.1. The van der Waals surface area contributed by atoms with Crippen molar-refractivity contribution in [3.63, 3.8) is 0 Å². The zero-order valence-corrected chi connectivity index (χ0v) is 19.0. The topological polar surface area (TPSA) is 113 Å². The Morgan fingerprint density at radius 3 is 2.44 bits per heavy atom. The van der Waals surface area contributed by atoms with E-state index in [1.165, 1.54) is 16.5 Å². The van der Waals surface area contributed by atoms with E-state index in [2.05, 4.69) is 47.1 Å². The maximum Gasteiger partial charge on any atom is 0.414 e. The predicted octanol–water partition coefficient (Wildman–Crippen LogP) is 3.03. The number of piperazine rings is 1. The molecule has 180 valence electrons. The van der Waals surface area contributed by atoms with E-state index < -0.39 is 11.9 Å². The van der Waals surface area contributed by atoms with Gasteiger partial charge in [0, 0.05) is 38.1 Å². The number of carbonyl (C=O) groups is 2. The van der Waals surface area contributed by atoms with E-state index in [0.29, 0.717) is 13.2 Å². The number of anilines is 1. The Kier molecular flexibility index (Phi) is 7.22. The first-order chi connectivity index (χ1) is 16.4. The van der Waals surface area contributed by atoms with E-state index in [1.807, 2.05) is 12.3 Å². The number of nitrogens with zero attached hydrogens (tertiary/aromatic N) is 2. The van der Waals surface area contributed by atoms with E-state index in [-0.39, 0.29) is 0 Å². The molecule has 3 heterocycles. The number of hydrogen-bond donors (Lipinski definition) is 2. The summed E-state index contributed by atoms with van der Waals surface area (Å²) in [5.74, 6) is -1.87. The Morgan fingerprint density at radius 2 is 1.71 bits per heavy atom. The van der Waals surface area contributed by atoms with Gasteiger partial charge < -0.3 is 29.0 Å². The standard InChI is InChI=1S/C23H26N2O3.C2H2O4/c1-17-5-6-19-18(16-28-22(19)15-17)7-8-24-9-11-25(12-10-24)20-3-2-4-21-23(20)27-14-13-26-21;3-1(4)2(5)6/h2-6,15-16H,7-14H2,1H3;(H,3,4)(H,5,6). The van der Waals surface area contributed by atoms with Gasteiger partial charge in [0.05, 0.1) is 12.0 Å². The van der Waals surface area contributed by atoms with Crippen molar-refractivity contribution in [3.8, 4) is 11.5 Å². The first-order valence-corrected chi connectivity index (χ1v) is 11.2. The lowest BCUT2D eigenvalue weighted by atomic mass is 10.1. The maximum absolute atomic E-state index is 9.10. The van der Waals surface area contributed by atoms with Gasteiger partial charge in [-0.2, -0.15) is 0 Å². The molecule has 2 N–H and O–H groups in total. The van der Waals surface area contributed by atoms with Gasteiger partial charge in [0.15, 0.2) is 11.5 Å². The lowest BCUT2D eigenvalue weighted by Gasteiger charge is -2.37. The van der Waals surface area contributed by atoms with Gasteiger partial charge in [-0.3, -0.25) is 4.90 Å². The van der Waals surface area contributed by atoms with Gasteiger partial charge in [-0.25, -0.2) is 9.59 Å². The number of carboxylic acids is 2. The summed E-state index contributed by atoms with van der Waals surface area (Å²) in [4.78, 5) is 23.2. The third-order valence-electron chi connectivity index (χ3n) is 5.95. The molecule has 0 bridgehead atoms. The monoisotopic (exact) mass is 468 g/mol. The molecule has 2 aromatic carbocycles. The van der Waals surface area contributed by atoms with Gasteiger partial charge in [-0.05, 0) is 42.7 Å². The number of para-hydroxylation sites is 1. The molecule has 1 aromatic heterocycles. The molecule has 0 amide bonds. The second kappa shape index (κ2) is 10.5. The molecular weight excluding hydrogens is 440 g/mol. The Labute approximate surface area is 197 Å². The van der Waals surface area contributed by atoms with Gasteiger partial charge in [0.25, 0.3) is 0 Å². The Bertz CT molecular complexity index is 1150. The minimum Gasteiger partial charge on any atom is -0.486 e. The number of hydrogen-bond acceptors (Lipinski definition) is 7. The number of benzene rings is 2. The van der Waals surface area contributed by atoms with Crippen LogP contribution in [-0.4, -0.2) is 73.0 Å². The second-order valence-corrected chi connectivity index (χ2v) is 8.25. The highest BCUT2D eigenvalue weighted by atomic mass is 16.6. The molecule has 0 spiro atoms. The number of ether oxygens (including phenoxy) is 2. The van der Waals surface area contributed by atoms with Crippen molar-refractivity contribution in [2.75, 3.05) is 50.8 Å². The van der Waals surface area contributed by atoms with E-state index in [4.69, 9.17) is 33.7 Å². The SMILES string of the molecule is Cc1ccc2c(CCN3CCN(c4cccc5c4OCCO5)CC3)coc2c1.O=C(O)C(=O)O. The number of furan rings is 1. The summed E-state index contributed by atoms with van der Waals surface area (Å²) in [7, 11) is 0. The lowest BCUT2D eigenvalue weighted by Crippen LogP contribution is -2.47. The Morgan fingerprint density at radius 1 is 0.971 bits per heavy atom. The zero-order valence-electron chi connectivity index (χ0n) is 19.0.